The van der Waals surface area contributed by atoms with Gasteiger partial charge >= 0.3 is 0 Å². The first-order chi connectivity index (χ1) is 12.2. The average Bonchev–Trinajstić information content (AvgIpc) is 2.63. The number of halogens is 1. The molecule has 0 spiro atoms. The fourth-order valence-corrected chi connectivity index (χ4v) is 2.91. The Balaban J connectivity index is 1.82. The molecule has 3 nitrogen and oxygen atoms in total. The second-order valence-corrected chi connectivity index (χ2v) is 6.18. The number of hydrogen-bond donors (Lipinski definition) is 2. The highest BCUT2D eigenvalue weighted by Crippen LogP contribution is 2.30. The van der Waals surface area contributed by atoms with Crippen molar-refractivity contribution in [1.29, 1.82) is 0 Å². The van der Waals surface area contributed by atoms with Crippen molar-refractivity contribution in [2.45, 2.75) is 0 Å². The Labute approximate surface area is 157 Å². The van der Waals surface area contributed by atoms with Gasteiger partial charge in [-0.05, 0) is 42.0 Å². The molecule has 0 aliphatic heterocycles. The zero-order valence-corrected chi connectivity index (χ0v) is 15.2. The second kappa shape index (κ2) is 8.01. The van der Waals surface area contributed by atoms with Gasteiger partial charge < -0.3 is 15.4 Å². The molecule has 5 heteroatoms. The first kappa shape index (κ1) is 17.3. The molecule has 3 aromatic carbocycles. The van der Waals surface area contributed by atoms with Gasteiger partial charge in [0.2, 0.25) is 0 Å². The first-order valence-corrected chi connectivity index (χ1v) is 8.52. The minimum Gasteiger partial charge on any atom is -0.495 e. The number of ether oxygens (including phenoxy) is 1. The van der Waals surface area contributed by atoms with Crippen LogP contribution in [0.15, 0.2) is 72.8 Å². The van der Waals surface area contributed by atoms with Crippen LogP contribution in [0.3, 0.4) is 0 Å². The molecule has 0 heterocycles. The van der Waals surface area contributed by atoms with Crippen LogP contribution < -0.4 is 15.4 Å². The lowest BCUT2D eigenvalue weighted by atomic mass is 10.0. The molecule has 0 saturated heterocycles. The van der Waals surface area contributed by atoms with Gasteiger partial charge in [-0.25, -0.2) is 0 Å². The van der Waals surface area contributed by atoms with Crippen molar-refractivity contribution in [2.75, 3.05) is 17.7 Å². The van der Waals surface area contributed by atoms with E-state index in [2.05, 4.69) is 28.8 Å². The Morgan fingerprint density at radius 2 is 1.56 bits per heavy atom. The minimum absolute atomic E-state index is 0.462. The Morgan fingerprint density at radius 3 is 2.32 bits per heavy atom. The van der Waals surface area contributed by atoms with Gasteiger partial charge in [-0.15, -0.1) is 0 Å². The molecule has 0 saturated carbocycles. The molecule has 0 aliphatic carbocycles. The SMILES string of the molecule is COc1ccc(Cl)cc1NC(=S)Nc1ccccc1-c1ccccc1. The number of thiocarbonyl (C=S) groups is 1. The van der Waals surface area contributed by atoms with Crippen molar-refractivity contribution in [3.63, 3.8) is 0 Å². The van der Waals surface area contributed by atoms with Crippen molar-refractivity contribution in [2.24, 2.45) is 0 Å². The third-order valence-corrected chi connectivity index (χ3v) is 4.11. The average molecular weight is 369 g/mol. The van der Waals surface area contributed by atoms with Gasteiger partial charge in [0, 0.05) is 16.3 Å². The predicted octanol–water partition coefficient (Wildman–Crippen LogP) is 5.82. The molecule has 0 amide bonds. The van der Waals surface area contributed by atoms with Gasteiger partial charge in [-0.1, -0.05) is 60.1 Å². The van der Waals surface area contributed by atoms with Crippen LogP contribution in [0.25, 0.3) is 11.1 Å². The molecule has 0 unspecified atom stereocenters. The minimum atomic E-state index is 0.462. The van der Waals surface area contributed by atoms with Gasteiger partial charge in [0.05, 0.1) is 12.8 Å². The van der Waals surface area contributed by atoms with Crippen molar-refractivity contribution in [3.05, 3.63) is 77.8 Å². The normalized spacial score (nSPS) is 10.2. The van der Waals surface area contributed by atoms with Crippen LogP contribution in [-0.2, 0) is 0 Å². The molecule has 0 bridgehead atoms. The maximum absolute atomic E-state index is 6.06. The van der Waals surface area contributed by atoms with Crippen LogP contribution in [0.2, 0.25) is 5.02 Å². The number of anilines is 2. The van der Waals surface area contributed by atoms with Crippen molar-refractivity contribution in [3.8, 4) is 16.9 Å². The Morgan fingerprint density at radius 1 is 0.880 bits per heavy atom. The van der Waals surface area contributed by atoms with Gasteiger partial charge in [-0.3, -0.25) is 0 Å². The number of rotatable bonds is 4. The second-order valence-electron chi connectivity index (χ2n) is 5.34. The summed E-state index contributed by atoms with van der Waals surface area (Å²) in [7, 11) is 1.61. The van der Waals surface area contributed by atoms with E-state index in [4.69, 9.17) is 28.6 Å². The van der Waals surface area contributed by atoms with E-state index < -0.39 is 0 Å². The van der Waals surface area contributed by atoms with Crippen molar-refractivity contribution < 1.29 is 4.74 Å². The molecule has 0 aromatic heterocycles. The van der Waals surface area contributed by atoms with Crippen LogP contribution >= 0.6 is 23.8 Å². The topological polar surface area (TPSA) is 33.3 Å². The monoisotopic (exact) mass is 368 g/mol. The molecule has 3 rings (SSSR count). The zero-order valence-electron chi connectivity index (χ0n) is 13.6. The molecular formula is C20H17ClN2OS. The van der Waals surface area contributed by atoms with Crippen LogP contribution in [0.4, 0.5) is 11.4 Å². The molecule has 0 fully saturated rings. The fraction of sp³-hybridized carbons (Fsp3) is 0.0500. The standard InChI is InChI=1S/C20H17ClN2OS/c1-24-19-12-11-15(21)13-18(19)23-20(25)22-17-10-6-5-9-16(17)14-7-3-2-4-8-14/h2-13H,1H3,(H2,22,23,25). The highest BCUT2D eigenvalue weighted by Gasteiger charge is 2.09. The molecular weight excluding hydrogens is 352 g/mol. The maximum Gasteiger partial charge on any atom is 0.175 e. The number of nitrogens with one attached hydrogen (secondary N) is 2. The van der Waals surface area contributed by atoms with E-state index in [0.29, 0.717) is 21.6 Å². The van der Waals surface area contributed by atoms with Gasteiger partial charge in [0.1, 0.15) is 5.75 Å². The van der Waals surface area contributed by atoms with E-state index in [-0.39, 0.29) is 0 Å². The Hall–Kier alpha value is -2.56. The summed E-state index contributed by atoms with van der Waals surface area (Å²) in [6.07, 6.45) is 0. The van der Waals surface area contributed by atoms with E-state index >= 15 is 0 Å². The highest BCUT2D eigenvalue weighted by molar-refractivity contribution is 7.80. The lowest BCUT2D eigenvalue weighted by Crippen LogP contribution is -2.20. The summed E-state index contributed by atoms with van der Waals surface area (Å²) < 4.78 is 5.34. The van der Waals surface area contributed by atoms with Crippen LogP contribution in [0.1, 0.15) is 0 Å². The van der Waals surface area contributed by atoms with E-state index in [9.17, 15) is 0 Å². The Bertz CT molecular complexity index is 884. The summed E-state index contributed by atoms with van der Waals surface area (Å²) in [5.74, 6) is 0.671. The summed E-state index contributed by atoms with van der Waals surface area (Å²) in [5.41, 5.74) is 3.83. The number of benzene rings is 3. The summed E-state index contributed by atoms with van der Waals surface area (Å²) in [6.45, 7) is 0. The van der Waals surface area contributed by atoms with Crippen molar-refractivity contribution >= 4 is 40.3 Å². The smallest absolute Gasteiger partial charge is 0.175 e. The van der Waals surface area contributed by atoms with E-state index in [1.807, 2.05) is 36.4 Å². The number of methoxy groups -OCH3 is 1. The molecule has 0 radical (unpaired) electrons. The highest BCUT2D eigenvalue weighted by atomic mass is 35.5. The van der Waals surface area contributed by atoms with Crippen molar-refractivity contribution in [1.82, 2.24) is 0 Å². The van der Waals surface area contributed by atoms with Gasteiger partial charge in [0.15, 0.2) is 5.11 Å². The molecule has 25 heavy (non-hydrogen) atoms. The van der Waals surface area contributed by atoms with E-state index in [0.717, 1.165) is 16.8 Å². The van der Waals surface area contributed by atoms with Crippen LogP contribution in [-0.4, -0.2) is 12.2 Å². The summed E-state index contributed by atoms with van der Waals surface area (Å²) in [4.78, 5) is 0. The third-order valence-electron chi connectivity index (χ3n) is 3.67. The molecule has 0 aliphatic rings. The quantitative estimate of drug-likeness (QED) is 0.568. The van der Waals surface area contributed by atoms with Crippen LogP contribution in [0.5, 0.6) is 5.75 Å². The zero-order chi connectivity index (χ0) is 17.6. The summed E-state index contributed by atoms with van der Waals surface area (Å²) in [5, 5.41) is 7.46. The Kier molecular flexibility index (Phi) is 5.53. The first-order valence-electron chi connectivity index (χ1n) is 7.73. The molecule has 2 N–H and O–H groups in total. The molecule has 126 valence electrons. The predicted molar refractivity (Wildman–Crippen MR) is 110 cm³/mol. The van der Waals surface area contributed by atoms with E-state index in [1.165, 1.54) is 0 Å². The summed E-state index contributed by atoms with van der Waals surface area (Å²) >= 11 is 11.5. The van der Waals surface area contributed by atoms with Crippen LogP contribution in [0, 0.1) is 0 Å². The number of hydrogen-bond acceptors (Lipinski definition) is 2. The number of para-hydroxylation sites is 1. The largest absolute Gasteiger partial charge is 0.495 e. The molecule has 0 atom stereocenters. The molecule has 3 aromatic rings. The lowest BCUT2D eigenvalue weighted by Gasteiger charge is -2.16. The maximum atomic E-state index is 6.06. The lowest BCUT2D eigenvalue weighted by molar-refractivity contribution is 0.417. The third kappa shape index (κ3) is 4.29. The summed E-state index contributed by atoms with van der Waals surface area (Å²) in [6, 6.07) is 23.5. The van der Waals surface area contributed by atoms with Gasteiger partial charge in [-0.2, -0.15) is 0 Å². The van der Waals surface area contributed by atoms with Gasteiger partial charge in [0.25, 0.3) is 0 Å². The van der Waals surface area contributed by atoms with E-state index in [1.54, 1.807) is 25.3 Å². The fourth-order valence-electron chi connectivity index (χ4n) is 2.52.